The summed E-state index contributed by atoms with van der Waals surface area (Å²) >= 11 is 0. The average molecular weight is 144 g/mol. The van der Waals surface area contributed by atoms with Crippen LogP contribution in [0.5, 0.6) is 0 Å². The number of ketones is 1. The number of carbonyl (C=O) groups is 1. The van der Waals surface area contributed by atoms with Crippen LogP contribution in [0.3, 0.4) is 0 Å². The lowest BCUT2D eigenvalue weighted by molar-refractivity contribution is -0.113. The lowest BCUT2D eigenvalue weighted by Crippen LogP contribution is -1.93. The minimum atomic E-state index is -0.662. The molecule has 1 heterocycles. The van der Waals surface area contributed by atoms with Gasteiger partial charge in [0, 0.05) is 11.3 Å². The maximum Gasteiger partial charge on any atom is 0.160 e. The maximum absolute atomic E-state index is 10.6. The smallest absolute Gasteiger partial charge is 0.160 e. The Morgan fingerprint density at radius 1 is 1.89 bits per heavy atom. The number of hydrogen-bond donors (Lipinski definition) is 1. The molecule has 0 bridgehead atoms. The fourth-order valence-corrected chi connectivity index (χ4v) is 1.65. The van der Waals surface area contributed by atoms with E-state index in [0.29, 0.717) is 11.3 Å². The third kappa shape index (κ3) is 1.50. The zero-order valence-electron chi connectivity index (χ0n) is 5.13. The predicted octanol–water partition coefficient (Wildman–Crippen LogP) is 1.06. The van der Waals surface area contributed by atoms with E-state index in [9.17, 15) is 4.79 Å². The van der Waals surface area contributed by atoms with Crippen molar-refractivity contribution in [3.63, 3.8) is 0 Å². The van der Waals surface area contributed by atoms with Gasteiger partial charge in [0.1, 0.15) is 0 Å². The third-order valence-electron chi connectivity index (χ3n) is 1.14. The van der Waals surface area contributed by atoms with Gasteiger partial charge in [-0.15, -0.1) is 0 Å². The van der Waals surface area contributed by atoms with E-state index in [1.165, 1.54) is 6.92 Å². The molecule has 0 spiro atoms. The molecule has 2 nitrogen and oxygen atoms in total. The zero-order valence-corrected chi connectivity index (χ0v) is 5.94. The van der Waals surface area contributed by atoms with Crippen molar-refractivity contribution in [3.05, 3.63) is 11.6 Å². The van der Waals surface area contributed by atoms with Crippen LogP contribution in [-0.2, 0) is 4.79 Å². The summed E-state index contributed by atoms with van der Waals surface area (Å²) in [5, 5.41) is 1.61. The molecule has 0 aliphatic carbocycles. The third-order valence-corrected chi connectivity index (χ3v) is 2.18. The second kappa shape index (κ2) is 2.45. The fourth-order valence-electron chi connectivity index (χ4n) is 0.645. The molecule has 1 N–H and O–H groups in total. The van der Waals surface area contributed by atoms with Crippen molar-refractivity contribution in [1.29, 1.82) is 0 Å². The number of rotatable bonds is 1. The van der Waals surface area contributed by atoms with Gasteiger partial charge in [0.2, 0.25) is 0 Å². The number of carbonyl (C=O) groups excluding carboxylic acids is 1. The van der Waals surface area contributed by atoms with Crippen molar-refractivity contribution in [1.82, 2.24) is 0 Å². The highest BCUT2D eigenvalue weighted by Gasteiger charge is 2.06. The topological polar surface area (TPSA) is 37.3 Å². The Morgan fingerprint density at radius 3 is 2.78 bits per heavy atom. The fraction of sp³-hybridized carbons (Fsp3) is 0.333. The van der Waals surface area contributed by atoms with Crippen LogP contribution < -0.4 is 0 Å². The number of allylic oxidation sites excluding steroid dienone is 1. The Hall–Kier alpha value is -0.410. The van der Waals surface area contributed by atoms with Gasteiger partial charge >= 0.3 is 0 Å². The molecule has 1 atom stereocenters. The highest BCUT2D eigenvalue weighted by atomic mass is 32.2. The maximum atomic E-state index is 10.6. The summed E-state index contributed by atoms with van der Waals surface area (Å²) in [5.41, 5.74) is 0.667. The minimum Gasteiger partial charge on any atom is -0.337 e. The van der Waals surface area contributed by atoms with Gasteiger partial charge in [-0.3, -0.25) is 4.79 Å². The molecule has 1 rings (SSSR count). The van der Waals surface area contributed by atoms with E-state index in [0.717, 1.165) is 0 Å². The van der Waals surface area contributed by atoms with Crippen LogP contribution in [0.2, 0.25) is 0 Å². The summed E-state index contributed by atoms with van der Waals surface area (Å²) in [6, 6.07) is 0. The predicted molar refractivity (Wildman–Crippen MR) is 39.9 cm³/mol. The first-order valence-corrected chi connectivity index (χ1v) is 4.06. The lowest BCUT2D eigenvalue weighted by Gasteiger charge is -1.85. The van der Waals surface area contributed by atoms with Gasteiger partial charge in [0.15, 0.2) is 5.78 Å². The molecule has 1 aliphatic rings. The molecular weight excluding hydrogens is 136 g/mol. The average Bonchev–Trinajstić information content (AvgIpc) is 2.14. The first-order chi connectivity index (χ1) is 4.20. The molecular formula is C6H8O2S. The van der Waals surface area contributed by atoms with Crippen LogP contribution in [0.4, 0.5) is 0 Å². The number of Topliss-reactive ketones (excluding diaryl/α,β-unsaturated/α-hetero) is 1. The highest BCUT2D eigenvalue weighted by molar-refractivity contribution is 8.10. The molecule has 0 amide bonds. The molecule has 0 aromatic heterocycles. The van der Waals surface area contributed by atoms with Crippen LogP contribution in [0, 0.1) is 0 Å². The molecule has 0 saturated heterocycles. The van der Waals surface area contributed by atoms with Crippen molar-refractivity contribution in [2.45, 2.75) is 6.92 Å². The zero-order chi connectivity index (χ0) is 6.85. The molecule has 0 radical (unpaired) electrons. The Bertz CT molecular complexity index is 203. The molecule has 0 aromatic rings. The van der Waals surface area contributed by atoms with Crippen LogP contribution in [0.15, 0.2) is 11.6 Å². The van der Waals surface area contributed by atoms with E-state index in [1.807, 2.05) is 0 Å². The SMILES string of the molecule is CC(=O)C1=CCS(O)=C1. The molecule has 1 aliphatic heterocycles. The lowest BCUT2D eigenvalue weighted by atomic mass is 10.2. The Labute approximate surface area is 56.3 Å². The Morgan fingerprint density at radius 2 is 2.56 bits per heavy atom. The first-order valence-electron chi connectivity index (χ1n) is 2.65. The van der Waals surface area contributed by atoms with E-state index >= 15 is 0 Å². The largest absolute Gasteiger partial charge is 0.337 e. The van der Waals surface area contributed by atoms with Crippen molar-refractivity contribution in [3.8, 4) is 0 Å². The van der Waals surface area contributed by atoms with Crippen LogP contribution in [-0.4, -0.2) is 21.5 Å². The Kier molecular flexibility index (Phi) is 1.83. The summed E-state index contributed by atoms with van der Waals surface area (Å²) in [6.45, 7) is 1.50. The van der Waals surface area contributed by atoms with Gasteiger partial charge in [-0.25, -0.2) is 0 Å². The van der Waals surface area contributed by atoms with E-state index < -0.39 is 10.8 Å². The standard InChI is InChI=1S/C6H8O2S/c1-5(7)6-2-3-9(8)4-6/h2,4,8H,3H2,1H3. The van der Waals surface area contributed by atoms with Crippen LogP contribution in [0.1, 0.15) is 6.92 Å². The Balaban J connectivity index is 2.75. The summed E-state index contributed by atoms with van der Waals surface area (Å²) in [4.78, 5) is 10.6. The van der Waals surface area contributed by atoms with E-state index in [4.69, 9.17) is 4.55 Å². The van der Waals surface area contributed by atoms with E-state index in [2.05, 4.69) is 0 Å². The molecule has 3 heteroatoms. The van der Waals surface area contributed by atoms with Gasteiger partial charge in [-0.05, 0) is 12.3 Å². The molecule has 0 fully saturated rings. The van der Waals surface area contributed by atoms with Gasteiger partial charge < -0.3 is 4.55 Å². The van der Waals surface area contributed by atoms with Crippen molar-refractivity contribution in [2.75, 3.05) is 5.75 Å². The molecule has 0 saturated carbocycles. The first kappa shape index (κ1) is 6.71. The normalized spacial score (nSPS) is 25.1. The summed E-state index contributed by atoms with van der Waals surface area (Å²) in [6.07, 6.45) is 1.77. The summed E-state index contributed by atoms with van der Waals surface area (Å²) in [5.74, 6) is 0.661. The van der Waals surface area contributed by atoms with Crippen molar-refractivity contribution in [2.24, 2.45) is 0 Å². The van der Waals surface area contributed by atoms with Gasteiger partial charge in [-0.2, -0.15) is 0 Å². The van der Waals surface area contributed by atoms with Crippen molar-refractivity contribution >= 4 is 21.9 Å². The highest BCUT2D eigenvalue weighted by Crippen LogP contribution is 2.15. The monoisotopic (exact) mass is 144 g/mol. The van der Waals surface area contributed by atoms with Crippen LogP contribution in [0.25, 0.3) is 0 Å². The summed E-state index contributed by atoms with van der Waals surface area (Å²) < 4.78 is 8.92. The molecule has 9 heavy (non-hydrogen) atoms. The summed E-state index contributed by atoms with van der Waals surface area (Å²) in [7, 11) is -0.662. The molecule has 1 unspecified atom stereocenters. The quantitative estimate of drug-likeness (QED) is 0.559. The van der Waals surface area contributed by atoms with Gasteiger partial charge in [-0.1, -0.05) is 16.8 Å². The molecule has 50 valence electrons. The van der Waals surface area contributed by atoms with Gasteiger partial charge in [0.05, 0.1) is 0 Å². The second-order valence-electron chi connectivity index (χ2n) is 1.90. The van der Waals surface area contributed by atoms with E-state index in [1.54, 1.807) is 11.4 Å². The van der Waals surface area contributed by atoms with E-state index in [-0.39, 0.29) is 5.78 Å². The molecule has 0 aromatic carbocycles. The van der Waals surface area contributed by atoms with Crippen LogP contribution >= 0.6 is 10.8 Å². The van der Waals surface area contributed by atoms with Gasteiger partial charge in [0.25, 0.3) is 0 Å². The van der Waals surface area contributed by atoms with Crippen molar-refractivity contribution < 1.29 is 9.35 Å². The number of hydrogen-bond acceptors (Lipinski definition) is 2. The minimum absolute atomic E-state index is 0.0408. The second-order valence-corrected chi connectivity index (χ2v) is 3.27.